The van der Waals surface area contributed by atoms with Gasteiger partial charge < -0.3 is 23.9 Å². The molecule has 1 aliphatic carbocycles. The number of aromatic nitrogens is 1. The fourth-order valence-corrected chi connectivity index (χ4v) is 4.88. The number of aryl methyl sites for hydroxylation is 2. The number of carboxylic acid groups (broad SMARTS) is 1. The Morgan fingerprint density at radius 3 is 2.74 bits per heavy atom. The van der Waals surface area contributed by atoms with Crippen LogP contribution in [0.1, 0.15) is 41.3 Å². The number of rotatable bonds is 8. The second kappa shape index (κ2) is 9.89. The molecule has 0 amide bonds. The Morgan fingerprint density at radius 2 is 1.97 bits per heavy atom. The van der Waals surface area contributed by atoms with E-state index in [-0.39, 0.29) is 12.3 Å². The summed E-state index contributed by atoms with van der Waals surface area (Å²) in [6, 6.07) is 14.3. The van der Waals surface area contributed by atoms with Crippen LogP contribution in [-0.4, -0.2) is 49.0 Å². The van der Waals surface area contributed by atoms with Gasteiger partial charge in [0.25, 0.3) is 0 Å². The largest absolute Gasteiger partial charge is 0.493 e. The van der Waals surface area contributed by atoms with E-state index in [9.17, 15) is 4.79 Å². The molecule has 2 aliphatic rings. The molecule has 0 unspecified atom stereocenters. The van der Waals surface area contributed by atoms with Crippen molar-refractivity contribution < 1.29 is 23.8 Å². The molecule has 2 heterocycles. The number of nitrogens with zero attached hydrogens (tertiary/aromatic N) is 2. The van der Waals surface area contributed by atoms with E-state index in [1.807, 2.05) is 25.1 Å². The van der Waals surface area contributed by atoms with Gasteiger partial charge in [-0.1, -0.05) is 6.07 Å². The number of hydrogen-bond acceptors (Lipinski definition) is 6. The lowest BCUT2D eigenvalue weighted by Crippen LogP contribution is -2.36. The van der Waals surface area contributed by atoms with Crippen LogP contribution in [0.25, 0.3) is 11.5 Å². The first-order valence-corrected chi connectivity index (χ1v) is 11.9. The van der Waals surface area contributed by atoms with Crippen molar-refractivity contribution in [2.24, 2.45) is 0 Å². The molecule has 0 bridgehead atoms. The van der Waals surface area contributed by atoms with Gasteiger partial charge in [-0.3, -0.25) is 4.79 Å². The number of anilines is 1. The minimum absolute atomic E-state index is 0.112. The highest BCUT2D eigenvalue weighted by Gasteiger charge is 2.25. The first kappa shape index (κ1) is 22.5. The highest BCUT2D eigenvalue weighted by Crippen LogP contribution is 2.37. The Hall–Kier alpha value is -3.32. The molecule has 0 spiro atoms. The van der Waals surface area contributed by atoms with Gasteiger partial charge in [-0.15, -0.1) is 0 Å². The number of ether oxygens (including phenoxy) is 2. The minimum Gasteiger partial charge on any atom is -0.493 e. The van der Waals surface area contributed by atoms with Crippen LogP contribution in [0.15, 0.2) is 46.9 Å². The molecule has 1 aliphatic heterocycles. The molecule has 1 saturated heterocycles. The zero-order valence-corrected chi connectivity index (χ0v) is 19.5. The van der Waals surface area contributed by atoms with E-state index in [0.29, 0.717) is 18.9 Å². The maximum atomic E-state index is 11.1. The summed E-state index contributed by atoms with van der Waals surface area (Å²) < 4.78 is 17.4. The second-order valence-corrected chi connectivity index (χ2v) is 8.96. The summed E-state index contributed by atoms with van der Waals surface area (Å²) in [4.78, 5) is 18.1. The first-order valence-electron chi connectivity index (χ1n) is 11.9. The summed E-state index contributed by atoms with van der Waals surface area (Å²) in [7, 11) is 0. The van der Waals surface area contributed by atoms with Gasteiger partial charge in [-0.05, 0) is 73.2 Å². The van der Waals surface area contributed by atoms with Crippen LogP contribution < -0.4 is 9.64 Å². The number of hydrogen-bond donors (Lipinski definition) is 1. The fourth-order valence-electron chi connectivity index (χ4n) is 4.88. The van der Waals surface area contributed by atoms with Crippen LogP contribution >= 0.6 is 0 Å². The lowest BCUT2D eigenvalue weighted by molar-refractivity contribution is -0.137. The molecular formula is C27H30N2O5. The molecule has 3 aromatic rings. The molecule has 7 nitrogen and oxygen atoms in total. The summed E-state index contributed by atoms with van der Waals surface area (Å²) in [5.41, 5.74) is 5.39. The highest BCUT2D eigenvalue weighted by atomic mass is 16.5. The van der Waals surface area contributed by atoms with E-state index in [0.717, 1.165) is 67.5 Å². The molecule has 1 N–H and O–H groups in total. The maximum Gasteiger partial charge on any atom is 0.303 e. The molecule has 1 atom stereocenters. The van der Waals surface area contributed by atoms with E-state index in [4.69, 9.17) is 24.0 Å². The maximum absolute atomic E-state index is 11.1. The molecule has 5 rings (SSSR count). The van der Waals surface area contributed by atoms with Gasteiger partial charge in [0.1, 0.15) is 11.5 Å². The van der Waals surface area contributed by atoms with Gasteiger partial charge in [0.2, 0.25) is 5.89 Å². The van der Waals surface area contributed by atoms with Crippen LogP contribution in [0.4, 0.5) is 5.69 Å². The lowest BCUT2D eigenvalue weighted by Gasteiger charge is -2.28. The van der Waals surface area contributed by atoms with Gasteiger partial charge in [0.15, 0.2) is 0 Å². The van der Waals surface area contributed by atoms with Crippen molar-refractivity contribution in [2.45, 2.75) is 38.5 Å². The number of carboxylic acids is 1. The SMILES string of the molecule is Cc1oc(-c2ccc(N3CCOCC3)cc2)nc1CCOc1ccc2c(c1)CC[C@H]2CC(=O)O. The topological polar surface area (TPSA) is 85.0 Å². The van der Waals surface area contributed by atoms with Crippen LogP contribution in [0.5, 0.6) is 5.75 Å². The van der Waals surface area contributed by atoms with Crippen LogP contribution in [-0.2, 0) is 22.4 Å². The minimum atomic E-state index is -0.742. The van der Waals surface area contributed by atoms with Gasteiger partial charge in [0, 0.05) is 30.8 Å². The average molecular weight is 463 g/mol. The van der Waals surface area contributed by atoms with Crippen molar-refractivity contribution in [1.29, 1.82) is 0 Å². The first-order chi connectivity index (χ1) is 16.6. The predicted octanol–water partition coefficient (Wildman–Crippen LogP) is 4.61. The van der Waals surface area contributed by atoms with Crippen LogP contribution in [0.2, 0.25) is 0 Å². The van der Waals surface area contributed by atoms with E-state index >= 15 is 0 Å². The Labute approximate surface area is 199 Å². The fraction of sp³-hybridized carbons (Fsp3) is 0.407. The zero-order chi connectivity index (χ0) is 23.5. The Kier molecular flexibility index (Phi) is 6.54. The summed E-state index contributed by atoms with van der Waals surface area (Å²) in [5, 5.41) is 9.10. The van der Waals surface area contributed by atoms with Crippen molar-refractivity contribution in [3.05, 3.63) is 65.0 Å². The smallest absolute Gasteiger partial charge is 0.303 e. The quantitative estimate of drug-likeness (QED) is 0.523. The molecule has 2 aromatic carbocycles. The summed E-state index contributed by atoms with van der Waals surface area (Å²) >= 11 is 0. The number of aliphatic carboxylic acids is 1. The molecule has 1 fully saturated rings. The zero-order valence-electron chi connectivity index (χ0n) is 19.5. The lowest BCUT2D eigenvalue weighted by atomic mass is 9.98. The van der Waals surface area contributed by atoms with Crippen LogP contribution in [0.3, 0.4) is 0 Å². The number of fused-ring (bicyclic) bond motifs is 1. The van der Waals surface area contributed by atoms with Crippen molar-refractivity contribution >= 4 is 11.7 Å². The second-order valence-electron chi connectivity index (χ2n) is 8.96. The molecule has 7 heteroatoms. The van der Waals surface area contributed by atoms with Gasteiger partial charge in [0.05, 0.1) is 31.9 Å². The molecule has 0 saturated carbocycles. The molecule has 178 valence electrons. The Bertz CT molecular complexity index is 1150. The molecule has 0 radical (unpaired) electrons. The van der Waals surface area contributed by atoms with E-state index in [2.05, 4.69) is 29.2 Å². The van der Waals surface area contributed by atoms with Crippen molar-refractivity contribution in [1.82, 2.24) is 4.98 Å². The summed E-state index contributed by atoms with van der Waals surface area (Å²) in [6.45, 7) is 5.79. The normalized spacial score (nSPS) is 17.6. The highest BCUT2D eigenvalue weighted by molar-refractivity contribution is 5.68. The van der Waals surface area contributed by atoms with Crippen molar-refractivity contribution in [2.75, 3.05) is 37.8 Å². The number of morpholine rings is 1. The molecule has 1 aromatic heterocycles. The average Bonchev–Trinajstić information content (AvgIpc) is 3.42. The third-order valence-electron chi connectivity index (χ3n) is 6.73. The third kappa shape index (κ3) is 4.94. The molecule has 34 heavy (non-hydrogen) atoms. The third-order valence-corrected chi connectivity index (χ3v) is 6.73. The van der Waals surface area contributed by atoms with Crippen molar-refractivity contribution in [3.63, 3.8) is 0 Å². The number of oxazole rings is 1. The van der Waals surface area contributed by atoms with E-state index in [1.54, 1.807) is 0 Å². The van der Waals surface area contributed by atoms with Crippen molar-refractivity contribution in [3.8, 4) is 17.2 Å². The van der Waals surface area contributed by atoms with E-state index < -0.39 is 5.97 Å². The van der Waals surface area contributed by atoms with Gasteiger partial charge in [-0.25, -0.2) is 4.98 Å². The monoisotopic (exact) mass is 462 g/mol. The standard InChI is InChI=1S/C27H30N2O5/c1-18-25(10-13-33-23-8-9-24-20(16-23)2-3-21(24)17-26(30)31)28-27(34-18)19-4-6-22(7-5-19)29-11-14-32-15-12-29/h4-9,16,21H,2-3,10-15,17H2,1H3,(H,30,31)/t21-/m0/s1. The number of benzene rings is 2. The van der Waals surface area contributed by atoms with Gasteiger partial charge >= 0.3 is 5.97 Å². The van der Waals surface area contributed by atoms with Gasteiger partial charge in [-0.2, -0.15) is 0 Å². The number of carbonyl (C=O) groups is 1. The predicted molar refractivity (Wildman–Crippen MR) is 129 cm³/mol. The van der Waals surface area contributed by atoms with Crippen LogP contribution in [0, 0.1) is 6.92 Å². The Morgan fingerprint density at radius 1 is 1.18 bits per heavy atom. The summed E-state index contributed by atoms with van der Waals surface area (Å²) in [5.74, 6) is 1.62. The summed E-state index contributed by atoms with van der Waals surface area (Å²) in [6.07, 6.45) is 2.64. The molecular weight excluding hydrogens is 432 g/mol. The van der Waals surface area contributed by atoms with E-state index in [1.165, 1.54) is 11.3 Å². The Balaban J connectivity index is 1.18.